The molecule has 1 aromatic rings. The van der Waals surface area contributed by atoms with Gasteiger partial charge in [-0.05, 0) is 19.3 Å². The van der Waals surface area contributed by atoms with Crippen LogP contribution in [0, 0.1) is 0 Å². The van der Waals surface area contributed by atoms with E-state index in [2.05, 4.69) is 41.5 Å². The summed E-state index contributed by atoms with van der Waals surface area (Å²) in [5, 5.41) is 12.8. The van der Waals surface area contributed by atoms with Crippen molar-refractivity contribution < 1.29 is 4.79 Å². The molecule has 5 heteroatoms. The van der Waals surface area contributed by atoms with E-state index in [1.165, 1.54) is 6.20 Å². The van der Waals surface area contributed by atoms with Gasteiger partial charge in [0, 0.05) is 5.54 Å². The molecule has 0 aliphatic heterocycles. The van der Waals surface area contributed by atoms with E-state index in [1.54, 1.807) is 0 Å². The first kappa shape index (κ1) is 11.7. The summed E-state index contributed by atoms with van der Waals surface area (Å²) in [7, 11) is 0. The van der Waals surface area contributed by atoms with Crippen molar-refractivity contribution in [3.8, 4) is 0 Å². The molecule has 0 spiro atoms. The summed E-state index contributed by atoms with van der Waals surface area (Å²) in [6, 6.07) is 0. The second-order valence-electron chi connectivity index (χ2n) is 3.65. The predicted molar refractivity (Wildman–Crippen MR) is 57.5 cm³/mol. The number of hydrogen-bond donors (Lipinski definition) is 2. The fourth-order valence-corrected chi connectivity index (χ4v) is 1.63. The fourth-order valence-electron chi connectivity index (χ4n) is 1.63. The second-order valence-corrected chi connectivity index (χ2v) is 3.65. The zero-order chi connectivity index (χ0) is 11.3. The molecule has 0 aliphatic carbocycles. The van der Waals surface area contributed by atoms with Crippen molar-refractivity contribution in [1.29, 1.82) is 0 Å². The number of hydrogen-bond acceptors (Lipinski definition) is 3. The van der Waals surface area contributed by atoms with Gasteiger partial charge in [-0.3, -0.25) is 4.79 Å². The molecule has 0 atom stereocenters. The van der Waals surface area contributed by atoms with E-state index >= 15 is 0 Å². The highest BCUT2D eigenvalue weighted by Gasteiger charge is 2.26. The van der Waals surface area contributed by atoms with Crippen LogP contribution in [0.4, 0.5) is 0 Å². The van der Waals surface area contributed by atoms with E-state index in [9.17, 15) is 4.79 Å². The number of carbonyl (C=O) groups excluding carboxylic acids is 1. The van der Waals surface area contributed by atoms with Gasteiger partial charge in [-0.1, -0.05) is 20.8 Å². The number of aromatic amines is 1. The van der Waals surface area contributed by atoms with Crippen LogP contribution < -0.4 is 5.32 Å². The third-order valence-electron chi connectivity index (χ3n) is 3.06. The summed E-state index contributed by atoms with van der Waals surface area (Å²) in [4.78, 5) is 11.8. The van der Waals surface area contributed by atoms with Crippen molar-refractivity contribution in [3.05, 3.63) is 11.9 Å². The number of aromatic nitrogens is 3. The molecule has 0 aromatic carbocycles. The minimum absolute atomic E-state index is 0.115. The Morgan fingerprint density at radius 3 is 2.40 bits per heavy atom. The summed E-state index contributed by atoms with van der Waals surface area (Å²) in [5.74, 6) is -0.158. The van der Waals surface area contributed by atoms with Gasteiger partial charge < -0.3 is 5.32 Å². The zero-order valence-electron chi connectivity index (χ0n) is 9.50. The van der Waals surface area contributed by atoms with Crippen LogP contribution in [0.25, 0.3) is 0 Å². The number of amides is 1. The van der Waals surface area contributed by atoms with Crippen LogP contribution in [0.2, 0.25) is 0 Å². The highest BCUT2D eigenvalue weighted by molar-refractivity contribution is 5.92. The third kappa shape index (κ3) is 2.55. The van der Waals surface area contributed by atoms with Gasteiger partial charge in [0.15, 0.2) is 5.69 Å². The maximum atomic E-state index is 11.8. The summed E-state index contributed by atoms with van der Waals surface area (Å²) in [6.45, 7) is 6.24. The average molecular weight is 210 g/mol. The topological polar surface area (TPSA) is 70.7 Å². The maximum absolute atomic E-state index is 11.8. The first-order valence-electron chi connectivity index (χ1n) is 5.35. The quantitative estimate of drug-likeness (QED) is 0.773. The van der Waals surface area contributed by atoms with Crippen LogP contribution in [0.5, 0.6) is 0 Å². The molecule has 0 bridgehead atoms. The standard InChI is InChI=1S/C10H18N4O/c1-4-10(5-2,6-3)12-9(15)8-7-11-14-13-8/h7H,4-6H2,1-3H3,(H,12,15)(H,11,13,14). The summed E-state index contributed by atoms with van der Waals surface area (Å²) < 4.78 is 0. The van der Waals surface area contributed by atoms with E-state index in [0.717, 1.165) is 19.3 Å². The molecule has 5 nitrogen and oxygen atoms in total. The van der Waals surface area contributed by atoms with Crippen LogP contribution in [0.1, 0.15) is 50.5 Å². The van der Waals surface area contributed by atoms with Gasteiger partial charge in [0.05, 0.1) is 6.20 Å². The minimum Gasteiger partial charge on any atom is -0.345 e. The Balaban J connectivity index is 2.71. The number of carbonyl (C=O) groups is 1. The van der Waals surface area contributed by atoms with E-state index in [0.29, 0.717) is 5.69 Å². The molecule has 0 radical (unpaired) electrons. The van der Waals surface area contributed by atoms with Crippen LogP contribution in [-0.4, -0.2) is 26.9 Å². The summed E-state index contributed by atoms with van der Waals surface area (Å²) >= 11 is 0. The Bertz CT molecular complexity index is 295. The van der Waals surface area contributed by atoms with Gasteiger partial charge in [0.1, 0.15) is 0 Å². The Hall–Kier alpha value is -1.39. The van der Waals surface area contributed by atoms with E-state index < -0.39 is 0 Å². The molecule has 0 aliphatic rings. The third-order valence-corrected chi connectivity index (χ3v) is 3.06. The first-order chi connectivity index (χ1) is 7.17. The molecule has 1 amide bonds. The van der Waals surface area contributed by atoms with Gasteiger partial charge in [0.25, 0.3) is 5.91 Å². The minimum atomic E-state index is -0.158. The number of H-pyrrole nitrogens is 1. The summed E-state index contributed by atoms with van der Waals surface area (Å²) in [5.41, 5.74) is 0.227. The highest BCUT2D eigenvalue weighted by Crippen LogP contribution is 2.19. The van der Waals surface area contributed by atoms with Gasteiger partial charge >= 0.3 is 0 Å². The van der Waals surface area contributed by atoms with Gasteiger partial charge in [-0.2, -0.15) is 15.4 Å². The molecule has 0 saturated heterocycles. The van der Waals surface area contributed by atoms with E-state index in [4.69, 9.17) is 0 Å². The number of nitrogens with one attached hydrogen (secondary N) is 2. The zero-order valence-corrected chi connectivity index (χ0v) is 9.50. The predicted octanol–water partition coefficient (Wildman–Crippen LogP) is 1.50. The lowest BCUT2D eigenvalue weighted by atomic mass is 9.89. The molecular formula is C10H18N4O. The van der Waals surface area contributed by atoms with Crippen molar-refractivity contribution in [2.75, 3.05) is 0 Å². The summed E-state index contributed by atoms with van der Waals surface area (Å²) in [6.07, 6.45) is 4.19. The molecule has 1 rings (SSSR count). The normalized spacial score (nSPS) is 11.4. The Morgan fingerprint density at radius 1 is 1.40 bits per heavy atom. The van der Waals surface area contributed by atoms with Crippen molar-refractivity contribution in [3.63, 3.8) is 0 Å². The molecule has 0 saturated carbocycles. The van der Waals surface area contributed by atoms with E-state index in [1.807, 2.05) is 0 Å². The number of nitrogens with zero attached hydrogens (tertiary/aromatic N) is 2. The molecule has 15 heavy (non-hydrogen) atoms. The lowest BCUT2D eigenvalue weighted by Crippen LogP contribution is -2.47. The Labute approximate surface area is 89.6 Å². The van der Waals surface area contributed by atoms with Crippen molar-refractivity contribution in [1.82, 2.24) is 20.7 Å². The van der Waals surface area contributed by atoms with Crippen molar-refractivity contribution >= 4 is 5.91 Å². The van der Waals surface area contributed by atoms with Gasteiger partial charge in [-0.25, -0.2) is 0 Å². The highest BCUT2D eigenvalue weighted by atomic mass is 16.2. The lowest BCUT2D eigenvalue weighted by molar-refractivity contribution is 0.0883. The fraction of sp³-hybridized carbons (Fsp3) is 0.700. The molecule has 1 heterocycles. The van der Waals surface area contributed by atoms with Crippen LogP contribution >= 0.6 is 0 Å². The average Bonchev–Trinajstić information content (AvgIpc) is 2.79. The smallest absolute Gasteiger partial charge is 0.273 e. The Morgan fingerprint density at radius 2 is 2.00 bits per heavy atom. The van der Waals surface area contributed by atoms with Crippen LogP contribution in [0.3, 0.4) is 0 Å². The SMILES string of the molecule is CCC(CC)(CC)NC(=O)c1cn[nH]n1. The van der Waals surface area contributed by atoms with Gasteiger partial charge in [0.2, 0.25) is 0 Å². The number of rotatable bonds is 5. The van der Waals surface area contributed by atoms with Crippen molar-refractivity contribution in [2.24, 2.45) is 0 Å². The molecule has 2 N–H and O–H groups in total. The maximum Gasteiger partial charge on any atom is 0.273 e. The largest absolute Gasteiger partial charge is 0.345 e. The molecule has 84 valence electrons. The first-order valence-corrected chi connectivity index (χ1v) is 5.35. The van der Waals surface area contributed by atoms with E-state index in [-0.39, 0.29) is 11.4 Å². The lowest BCUT2D eigenvalue weighted by Gasteiger charge is -2.31. The second kappa shape index (κ2) is 4.91. The van der Waals surface area contributed by atoms with Gasteiger partial charge in [-0.15, -0.1) is 0 Å². The molecule has 0 fully saturated rings. The van der Waals surface area contributed by atoms with Crippen LogP contribution in [0.15, 0.2) is 6.20 Å². The molecular weight excluding hydrogens is 192 g/mol. The molecule has 0 unspecified atom stereocenters. The monoisotopic (exact) mass is 210 g/mol. The molecule has 1 aromatic heterocycles. The van der Waals surface area contributed by atoms with Crippen molar-refractivity contribution in [2.45, 2.75) is 45.6 Å². The Kier molecular flexibility index (Phi) is 3.82. The van der Waals surface area contributed by atoms with Crippen LogP contribution in [-0.2, 0) is 0 Å².